The van der Waals surface area contributed by atoms with Crippen LogP contribution in [0.15, 0.2) is 0 Å². The standard InChI is InChI=1S/C15H29N3O/c1-13-11-16-8-10-18(13)15(19)7-3-5-14-6-4-9-17(2)12-14/h13-14,16H,3-12H2,1-2H3. The van der Waals surface area contributed by atoms with E-state index in [9.17, 15) is 4.79 Å². The molecule has 2 atom stereocenters. The van der Waals surface area contributed by atoms with Gasteiger partial charge in [-0.1, -0.05) is 0 Å². The average Bonchev–Trinajstić information content (AvgIpc) is 2.39. The molecule has 0 radical (unpaired) electrons. The van der Waals surface area contributed by atoms with Crippen molar-refractivity contribution < 1.29 is 4.79 Å². The van der Waals surface area contributed by atoms with E-state index in [-0.39, 0.29) is 0 Å². The van der Waals surface area contributed by atoms with Gasteiger partial charge in [0.1, 0.15) is 0 Å². The van der Waals surface area contributed by atoms with Crippen molar-refractivity contribution in [3.8, 4) is 0 Å². The summed E-state index contributed by atoms with van der Waals surface area (Å²) < 4.78 is 0. The molecule has 2 aliphatic rings. The van der Waals surface area contributed by atoms with E-state index >= 15 is 0 Å². The third-order valence-electron chi connectivity index (χ3n) is 4.55. The normalized spacial score (nSPS) is 29.5. The van der Waals surface area contributed by atoms with Crippen LogP contribution < -0.4 is 5.32 Å². The van der Waals surface area contributed by atoms with Gasteiger partial charge in [0.15, 0.2) is 0 Å². The first-order valence-electron chi connectivity index (χ1n) is 7.85. The Kier molecular flexibility index (Phi) is 5.64. The maximum Gasteiger partial charge on any atom is 0.222 e. The number of nitrogens with one attached hydrogen (secondary N) is 1. The number of piperazine rings is 1. The van der Waals surface area contributed by atoms with Crippen molar-refractivity contribution in [2.75, 3.05) is 39.8 Å². The first-order valence-corrected chi connectivity index (χ1v) is 7.85. The fraction of sp³-hybridized carbons (Fsp3) is 0.933. The molecule has 2 heterocycles. The van der Waals surface area contributed by atoms with Crippen molar-refractivity contribution in [1.29, 1.82) is 0 Å². The monoisotopic (exact) mass is 267 g/mol. The summed E-state index contributed by atoms with van der Waals surface area (Å²) in [4.78, 5) is 16.7. The van der Waals surface area contributed by atoms with E-state index in [0.29, 0.717) is 11.9 Å². The van der Waals surface area contributed by atoms with Crippen molar-refractivity contribution in [1.82, 2.24) is 15.1 Å². The number of carbonyl (C=O) groups is 1. The van der Waals surface area contributed by atoms with Crippen LogP contribution >= 0.6 is 0 Å². The average molecular weight is 267 g/mol. The Balaban J connectivity index is 1.65. The van der Waals surface area contributed by atoms with Gasteiger partial charge in [0.2, 0.25) is 5.91 Å². The second kappa shape index (κ2) is 7.25. The van der Waals surface area contributed by atoms with Gasteiger partial charge in [-0.2, -0.15) is 0 Å². The van der Waals surface area contributed by atoms with Gasteiger partial charge < -0.3 is 15.1 Å². The van der Waals surface area contributed by atoms with Gasteiger partial charge >= 0.3 is 0 Å². The van der Waals surface area contributed by atoms with Crippen LogP contribution in [0.3, 0.4) is 0 Å². The summed E-state index contributed by atoms with van der Waals surface area (Å²) in [5.41, 5.74) is 0. The summed E-state index contributed by atoms with van der Waals surface area (Å²) in [6, 6.07) is 0.363. The molecule has 0 aliphatic carbocycles. The van der Waals surface area contributed by atoms with Crippen LogP contribution in [0, 0.1) is 5.92 Å². The highest BCUT2D eigenvalue weighted by molar-refractivity contribution is 5.76. The van der Waals surface area contributed by atoms with Gasteiger partial charge in [0.25, 0.3) is 0 Å². The van der Waals surface area contributed by atoms with Crippen LogP contribution in [0.25, 0.3) is 0 Å². The quantitative estimate of drug-likeness (QED) is 0.834. The van der Waals surface area contributed by atoms with Gasteiger partial charge in [-0.25, -0.2) is 0 Å². The molecule has 4 heteroatoms. The third kappa shape index (κ3) is 4.46. The number of carbonyl (C=O) groups excluding carboxylic acids is 1. The number of hydrogen-bond donors (Lipinski definition) is 1. The number of rotatable bonds is 4. The zero-order chi connectivity index (χ0) is 13.7. The zero-order valence-corrected chi connectivity index (χ0v) is 12.5. The molecular formula is C15H29N3O. The maximum absolute atomic E-state index is 12.2. The molecule has 2 aliphatic heterocycles. The minimum absolute atomic E-state index is 0.359. The number of hydrogen-bond acceptors (Lipinski definition) is 3. The van der Waals surface area contributed by atoms with Crippen molar-refractivity contribution in [3.05, 3.63) is 0 Å². The van der Waals surface area contributed by atoms with Crippen LogP contribution in [0.5, 0.6) is 0 Å². The Morgan fingerprint density at radius 3 is 2.95 bits per heavy atom. The van der Waals surface area contributed by atoms with Crippen molar-refractivity contribution in [3.63, 3.8) is 0 Å². The van der Waals surface area contributed by atoms with Crippen molar-refractivity contribution in [2.45, 2.75) is 45.1 Å². The van der Waals surface area contributed by atoms with E-state index in [1.165, 1.54) is 32.4 Å². The lowest BCUT2D eigenvalue weighted by molar-refractivity contribution is -0.134. The minimum Gasteiger partial charge on any atom is -0.337 e. The number of nitrogens with zero attached hydrogens (tertiary/aromatic N) is 2. The Bertz CT molecular complexity index is 295. The first kappa shape index (κ1) is 14.8. The predicted molar refractivity (Wildman–Crippen MR) is 78.1 cm³/mol. The molecule has 0 aromatic heterocycles. The zero-order valence-electron chi connectivity index (χ0n) is 12.5. The molecule has 2 rings (SSSR count). The SMILES string of the molecule is CC1CNCCN1C(=O)CCCC1CCCN(C)C1. The lowest BCUT2D eigenvalue weighted by Crippen LogP contribution is -2.52. The predicted octanol–water partition coefficient (Wildman–Crippen LogP) is 1.32. The van der Waals surface area contributed by atoms with E-state index in [1.54, 1.807) is 0 Å². The van der Waals surface area contributed by atoms with Gasteiger partial charge in [0.05, 0.1) is 0 Å². The lowest BCUT2D eigenvalue weighted by Gasteiger charge is -2.34. The van der Waals surface area contributed by atoms with Crippen LogP contribution in [0.1, 0.15) is 39.0 Å². The van der Waals surface area contributed by atoms with Gasteiger partial charge in [-0.05, 0) is 52.1 Å². The Hall–Kier alpha value is -0.610. The van der Waals surface area contributed by atoms with Crippen molar-refractivity contribution >= 4 is 5.91 Å². The minimum atomic E-state index is 0.359. The molecule has 0 aromatic carbocycles. The molecule has 0 aromatic rings. The molecule has 0 spiro atoms. The number of likely N-dealkylation sites (tertiary alicyclic amines) is 1. The first-order chi connectivity index (χ1) is 9.16. The second-order valence-electron chi connectivity index (χ2n) is 6.30. The number of amides is 1. The summed E-state index contributed by atoms with van der Waals surface area (Å²) in [7, 11) is 2.21. The second-order valence-corrected chi connectivity index (χ2v) is 6.30. The molecule has 110 valence electrons. The topological polar surface area (TPSA) is 35.6 Å². The van der Waals surface area contributed by atoms with Gasteiger partial charge in [-0.3, -0.25) is 4.79 Å². The van der Waals surface area contributed by atoms with Crippen LogP contribution in [0.4, 0.5) is 0 Å². The molecule has 19 heavy (non-hydrogen) atoms. The van der Waals surface area contributed by atoms with Crippen LogP contribution in [-0.2, 0) is 4.79 Å². The summed E-state index contributed by atoms with van der Waals surface area (Å²) in [6.45, 7) is 7.38. The van der Waals surface area contributed by atoms with E-state index in [2.05, 4.69) is 29.1 Å². The van der Waals surface area contributed by atoms with Crippen LogP contribution in [0.2, 0.25) is 0 Å². The lowest BCUT2D eigenvalue weighted by atomic mass is 9.93. The molecule has 0 saturated carbocycles. The molecule has 4 nitrogen and oxygen atoms in total. The number of piperidine rings is 1. The third-order valence-corrected chi connectivity index (χ3v) is 4.55. The smallest absolute Gasteiger partial charge is 0.222 e. The van der Waals surface area contributed by atoms with Gasteiger partial charge in [0, 0.05) is 38.6 Å². The fourth-order valence-corrected chi connectivity index (χ4v) is 3.41. The molecular weight excluding hydrogens is 238 g/mol. The molecule has 2 saturated heterocycles. The highest BCUT2D eigenvalue weighted by Gasteiger charge is 2.23. The summed E-state index contributed by atoms with van der Waals surface area (Å²) in [6.07, 6.45) is 5.70. The largest absolute Gasteiger partial charge is 0.337 e. The Labute approximate surface area is 117 Å². The van der Waals surface area contributed by atoms with Crippen molar-refractivity contribution in [2.24, 2.45) is 5.92 Å². The Morgan fingerprint density at radius 2 is 2.21 bits per heavy atom. The van der Waals surface area contributed by atoms with Gasteiger partial charge in [-0.15, -0.1) is 0 Å². The van der Waals surface area contributed by atoms with Crippen LogP contribution in [-0.4, -0.2) is 61.5 Å². The molecule has 1 N–H and O–H groups in total. The molecule has 2 unspecified atom stereocenters. The summed E-state index contributed by atoms with van der Waals surface area (Å²) in [5, 5.41) is 3.33. The highest BCUT2D eigenvalue weighted by atomic mass is 16.2. The van der Waals surface area contributed by atoms with E-state index in [0.717, 1.165) is 38.4 Å². The van der Waals surface area contributed by atoms with E-state index in [4.69, 9.17) is 0 Å². The fourth-order valence-electron chi connectivity index (χ4n) is 3.41. The summed E-state index contributed by atoms with van der Waals surface area (Å²) in [5.74, 6) is 1.17. The molecule has 2 fully saturated rings. The highest BCUT2D eigenvalue weighted by Crippen LogP contribution is 2.21. The molecule has 1 amide bonds. The summed E-state index contributed by atoms with van der Waals surface area (Å²) >= 11 is 0. The Morgan fingerprint density at radius 1 is 1.37 bits per heavy atom. The van der Waals surface area contributed by atoms with E-state index < -0.39 is 0 Å². The maximum atomic E-state index is 12.2. The molecule has 0 bridgehead atoms. The van der Waals surface area contributed by atoms with E-state index in [1.807, 2.05) is 0 Å².